The van der Waals surface area contributed by atoms with Crippen molar-refractivity contribution in [3.8, 4) is 5.75 Å². The van der Waals surface area contributed by atoms with Gasteiger partial charge in [-0.1, -0.05) is 23.2 Å². The smallest absolute Gasteiger partial charge is 0.229 e. The van der Waals surface area contributed by atoms with Gasteiger partial charge in [-0.3, -0.25) is 9.59 Å². The Morgan fingerprint density at radius 3 is 2.71 bits per heavy atom. The van der Waals surface area contributed by atoms with Gasteiger partial charge in [0.1, 0.15) is 0 Å². The molecule has 6 nitrogen and oxygen atoms in total. The number of rotatable bonds is 3. The summed E-state index contributed by atoms with van der Waals surface area (Å²) in [6.07, 6.45) is 0.111. The molecule has 1 aromatic heterocycles. The topological polar surface area (TPSA) is 82.5 Å². The number of hydrogen-bond donors (Lipinski definition) is 2. The highest BCUT2D eigenvalue weighted by molar-refractivity contribution is 7.18. The fraction of sp³-hybridized carbons (Fsp3) is 0.211. The number of aromatic hydroxyl groups is 1. The quantitative estimate of drug-likeness (QED) is 0.588. The van der Waals surface area contributed by atoms with Crippen LogP contribution in [0.15, 0.2) is 30.3 Å². The van der Waals surface area contributed by atoms with E-state index in [4.69, 9.17) is 23.2 Å². The Balaban J connectivity index is 1.51. The number of amides is 2. The second-order valence-corrected chi connectivity index (χ2v) is 8.62. The average Bonchev–Trinajstić information content (AvgIpc) is 3.20. The lowest BCUT2D eigenvalue weighted by Crippen LogP contribution is -2.28. The number of halogens is 2. The van der Waals surface area contributed by atoms with Gasteiger partial charge in [-0.2, -0.15) is 0 Å². The average molecular weight is 436 g/mol. The molecule has 0 saturated carbocycles. The lowest BCUT2D eigenvalue weighted by Gasteiger charge is -2.17. The minimum Gasteiger partial charge on any atom is -0.505 e. The molecular weight excluding hydrogens is 421 g/mol. The number of nitrogens with one attached hydrogen (secondary N) is 1. The van der Waals surface area contributed by atoms with Gasteiger partial charge in [0, 0.05) is 24.3 Å². The second kappa shape index (κ2) is 7.24. The molecule has 1 atom stereocenters. The predicted molar refractivity (Wildman–Crippen MR) is 112 cm³/mol. The van der Waals surface area contributed by atoms with Crippen LogP contribution in [0.2, 0.25) is 10.0 Å². The molecular formula is C19H15Cl2N3O3S. The van der Waals surface area contributed by atoms with E-state index in [1.807, 2.05) is 25.1 Å². The van der Waals surface area contributed by atoms with Crippen LogP contribution in [0.3, 0.4) is 0 Å². The fourth-order valence-corrected chi connectivity index (χ4v) is 4.51. The number of phenols is 1. The molecule has 2 amide bonds. The number of fused-ring (bicyclic) bond motifs is 1. The van der Waals surface area contributed by atoms with Gasteiger partial charge >= 0.3 is 0 Å². The van der Waals surface area contributed by atoms with Gasteiger partial charge in [0.15, 0.2) is 5.75 Å². The molecule has 0 spiro atoms. The number of anilines is 2. The fourth-order valence-electron chi connectivity index (χ4n) is 3.21. The Morgan fingerprint density at radius 1 is 1.29 bits per heavy atom. The maximum atomic E-state index is 12.6. The summed E-state index contributed by atoms with van der Waals surface area (Å²) in [5.74, 6) is -1.17. The SMILES string of the molecule is Cc1nc2cc(N3CC(C(=O)Nc4cc(Cl)c(O)c(Cl)c4)CC3=O)ccc2s1. The summed E-state index contributed by atoms with van der Waals surface area (Å²) in [5.41, 5.74) is 1.94. The number of carbonyl (C=O) groups is 2. The van der Waals surface area contributed by atoms with Crippen LogP contribution in [-0.2, 0) is 9.59 Å². The van der Waals surface area contributed by atoms with Crippen molar-refractivity contribution < 1.29 is 14.7 Å². The molecule has 9 heteroatoms. The molecule has 1 saturated heterocycles. The van der Waals surface area contributed by atoms with Crippen molar-refractivity contribution in [1.82, 2.24) is 4.98 Å². The van der Waals surface area contributed by atoms with Crippen molar-refractivity contribution in [2.24, 2.45) is 5.92 Å². The predicted octanol–water partition coefficient (Wildman–Crippen LogP) is 4.61. The highest BCUT2D eigenvalue weighted by Gasteiger charge is 2.35. The van der Waals surface area contributed by atoms with Crippen LogP contribution >= 0.6 is 34.5 Å². The molecule has 2 aromatic carbocycles. The lowest BCUT2D eigenvalue weighted by molar-refractivity contribution is -0.122. The van der Waals surface area contributed by atoms with Gasteiger partial charge in [0.25, 0.3) is 0 Å². The summed E-state index contributed by atoms with van der Waals surface area (Å²) in [5, 5.41) is 13.4. The molecule has 28 heavy (non-hydrogen) atoms. The Hall–Kier alpha value is -2.35. The van der Waals surface area contributed by atoms with E-state index in [-0.39, 0.29) is 40.6 Å². The van der Waals surface area contributed by atoms with Crippen LogP contribution in [0.25, 0.3) is 10.2 Å². The van der Waals surface area contributed by atoms with Crippen LogP contribution in [-0.4, -0.2) is 28.4 Å². The highest BCUT2D eigenvalue weighted by atomic mass is 35.5. The summed E-state index contributed by atoms with van der Waals surface area (Å²) >= 11 is 13.4. The number of aryl methyl sites for hydroxylation is 1. The number of nitrogens with zero attached hydrogens (tertiary/aromatic N) is 2. The monoisotopic (exact) mass is 435 g/mol. The standard InChI is InChI=1S/C19H15Cl2N3O3S/c1-9-22-15-7-12(2-3-16(15)28-9)24-8-10(4-17(24)25)19(27)23-11-5-13(20)18(26)14(21)6-11/h2-3,5-7,10,26H,4,8H2,1H3,(H,23,27). The van der Waals surface area contributed by atoms with E-state index >= 15 is 0 Å². The first-order valence-corrected chi connectivity index (χ1v) is 10.1. The van der Waals surface area contributed by atoms with Gasteiger partial charge in [0.2, 0.25) is 11.8 Å². The molecule has 2 N–H and O–H groups in total. The summed E-state index contributed by atoms with van der Waals surface area (Å²) < 4.78 is 1.06. The van der Waals surface area contributed by atoms with E-state index in [0.29, 0.717) is 5.69 Å². The first-order valence-electron chi connectivity index (χ1n) is 8.48. The van der Waals surface area contributed by atoms with Crippen molar-refractivity contribution in [3.05, 3.63) is 45.4 Å². The Morgan fingerprint density at radius 2 is 2.00 bits per heavy atom. The zero-order chi connectivity index (χ0) is 20.0. The van der Waals surface area contributed by atoms with E-state index < -0.39 is 5.92 Å². The molecule has 4 rings (SSSR count). The molecule has 2 heterocycles. The van der Waals surface area contributed by atoms with Crippen LogP contribution in [0.5, 0.6) is 5.75 Å². The number of thiazole rings is 1. The summed E-state index contributed by atoms with van der Waals surface area (Å²) in [6, 6.07) is 8.51. The molecule has 0 bridgehead atoms. The van der Waals surface area contributed by atoms with Crippen molar-refractivity contribution in [3.63, 3.8) is 0 Å². The number of benzene rings is 2. The van der Waals surface area contributed by atoms with Crippen LogP contribution in [0.1, 0.15) is 11.4 Å². The van der Waals surface area contributed by atoms with Gasteiger partial charge in [-0.25, -0.2) is 4.98 Å². The number of aromatic nitrogens is 1. The van der Waals surface area contributed by atoms with Crippen LogP contribution in [0.4, 0.5) is 11.4 Å². The molecule has 0 aliphatic carbocycles. The zero-order valence-corrected chi connectivity index (χ0v) is 17.0. The van der Waals surface area contributed by atoms with Gasteiger partial charge in [0.05, 0.1) is 31.2 Å². The number of hydrogen-bond acceptors (Lipinski definition) is 5. The highest BCUT2D eigenvalue weighted by Crippen LogP contribution is 2.35. The second-order valence-electron chi connectivity index (χ2n) is 6.57. The van der Waals surface area contributed by atoms with Crippen molar-refractivity contribution in [2.45, 2.75) is 13.3 Å². The largest absolute Gasteiger partial charge is 0.505 e. The first-order chi connectivity index (χ1) is 13.3. The molecule has 3 aromatic rings. The lowest BCUT2D eigenvalue weighted by atomic mass is 10.1. The Labute approximate surface area is 174 Å². The maximum Gasteiger partial charge on any atom is 0.229 e. The first kappa shape index (κ1) is 19.0. The number of phenolic OH excluding ortho intramolecular Hbond substituents is 1. The third-order valence-corrected chi connectivity index (χ3v) is 6.10. The molecule has 144 valence electrons. The van der Waals surface area contributed by atoms with Crippen molar-refractivity contribution in [1.29, 1.82) is 0 Å². The molecule has 1 aliphatic heterocycles. The molecule has 1 fully saturated rings. The Bertz CT molecular complexity index is 1090. The van der Waals surface area contributed by atoms with Crippen molar-refractivity contribution >= 4 is 67.9 Å². The maximum absolute atomic E-state index is 12.6. The Kier molecular flexibility index (Phi) is 4.91. The van der Waals surface area contributed by atoms with Crippen LogP contribution in [0, 0.1) is 12.8 Å². The summed E-state index contributed by atoms with van der Waals surface area (Å²) in [7, 11) is 0. The van der Waals surface area contributed by atoms with E-state index in [1.165, 1.54) is 12.1 Å². The van der Waals surface area contributed by atoms with Crippen molar-refractivity contribution in [2.75, 3.05) is 16.8 Å². The van der Waals surface area contributed by atoms with E-state index in [0.717, 1.165) is 20.9 Å². The molecule has 1 unspecified atom stereocenters. The van der Waals surface area contributed by atoms with E-state index in [1.54, 1.807) is 16.2 Å². The summed E-state index contributed by atoms with van der Waals surface area (Å²) in [6.45, 7) is 2.21. The third kappa shape index (κ3) is 3.53. The summed E-state index contributed by atoms with van der Waals surface area (Å²) in [4.78, 5) is 31.2. The van der Waals surface area contributed by atoms with Crippen LogP contribution < -0.4 is 10.2 Å². The van der Waals surface area contributed by atoms with E-state index in [2.05, 4.69) is 10.3 Å². The minimum absolute atomic E-state index is 0.0405. The molecule has 0 radical (unpaired) electrons. The van der Waals surface area contributed by atoms with Gasteiger partial charge in [-0.15, -0.1) is 11.3 Å². The minimum atomic E-state index is -0.508. The molecule has 1 aliphatic rings. The zero-order valence-electron chi connectivity index (χ0n) is 14.7. The normalized spacial score (nSPS) is 16.8. The number of carbonyl (C=O) groups excluding carboxylic acids is 2. The third-order valence-electron chi connectivity index (χ3n) is 4.57. The van der Waals surface area contributed by atoms with Gasteiger partial charge in [-0.05, 0) is 37.3 Å². The van der Waals surface area contributed by atoms with E-state index in [9.17, 15) is 14.7 Å². The van der Waals surface area contributed by atoms with Gasteiger partial charge < -0.3 is 15.3 Å².